The van der Waals surface area contributed by atoms with Crippen LogP contribution in [0.15, 0.2) is 27.9 Å². The fraction of sp³-hybridized carbons (Fsp3) is 0.500. The van der Waals surface area contributed by atoms with Crippen molar-refractivity contribution in [2.75, 3.05) is 13.1 Å². The average molecular weight is 326 g/mol. The van der Waals surface area contributed by atoms with Crippen LogP contribution in [0, 0.1) is 5.92 Å². The van der Waals surface area contributed by atoms with Gasteiger partial charge in [-0.2, -0.15) is 4.31 Å². The van der Waals surface area contributed by atoms with E-state index in [4.69, 9.17) is 0 Å². The van der Waals surface area contributed by atoms with Crippen molar-refractivity contribution in [3.05, 3.63) is 27.9 Å². The van der Waals surface area contributed by atoms with Crippen molar-refractivity contribution in [3.8, 4) is 0 Å². The summed E-state index contributed by atoms with van der Waals surface area (Å²) in [6.45, 7) is 3.30. The van der Waals surface area contributed by atoms with E-state index >= 15 is 0 Å². The number of hydrogen-bond donors (Lipinski definition) is 0. The molecule has 2 aromatic rings. The molecule has 1 aliphatic rings. The number of piperidine rings is 1. The van der Waals surface area contributed by atoms with E-state index in [1.54, 1.807) is 34.1 Å². The lowest BCUT2D eigenvalue weighted by atomic mass is 10.0. The van der Waals surface area contributed by atoms with Crippen LogP contribution in [-0.4, -0.2) is 30.4 Å². The largest absolute Gasteiger partial charge is 0.307 e. The predicted octanol–water partition coefficient (Wildman–Crippen LogP) is 2.02. The first kappa shape index (κ1) is 14.7. The monoisotopic (exact) mass is 326 g/mol. The van der Waals surface area contributed by atoms with Gasteiger partial charge in [-0.3, -0.25) is 4.79 Å². The molecule has 0 radical (unpaired) electrons. The third kappa shape index (κ3) is 2.54. The Morgan fingerprint density at radius 1 is 1.24 bits per heavy atom. The van der Waals surface area contributed by atoms with Gasteiger partial charge in [0.25, 0.3) is 0 Å². The van der Waals surface area contributed by atoms with Crippen LogP contribution in [0.3, 0.4) is 0 Å². The molecule has 0 spiro atoms. The maximum atomic E-state index is 12.7. The molecule has 1 aromatic carbocycles. The van der Waals surface area contributed by atoms with Crippen molar-refractivity contribution in [1.82, 2.24) is 8.87 Å². The molecule has 0 atom stereocenters. The van der Waals surface area contributed by atoms with Gasteiger partial charge in [-0.05, 0) is 37.0 Å². The molecule has 7 heteroatoms. The quantitative estimate of drug-likeness (QED) is 0.848. The fourth-order valence-electron chi connectivity index (χ4n) is 2.65. The summed E-state index contributed by atoms with van der Waals surface area (Å²) >= 11 is 1.08. The second-order valence-electron chi connectivity index (χ2n) is 5.64. The molecule has 0 aliphatic carbocycles. The molecule has 2 heterocycles. The first-order valence-electron chi connectivity index (χ1n) is 6.99. The first-order valence-corrected chi connectivity index (χ1v) is 9.25. The fourth-order valence-corrected chi connectivity index (χ4v) is 5.14. The predicted molar refractivity (Wildman–Crippen MR) is 84.2 cm³/mol. The molecule has 0 amide bonds. The molecule has 1 aliphatic heterocycles. The lowest BCUT2D eigenvalue weighted by molar-refractivity contribution is 0.288. The van der Waals surface area contributed by atoms with Crippen LogP contribution >= 0.6 is 11.3 Å². The van der Waals surface area contributed by atoms with E-state index in [-0.39, 0.29) is 9.77 Å². The molecule has 0 saturated carbocycles. The normalized spacial score (nSPS) is 18.4. The number of aryl methyl sites for hydroxylation is 1. The highest BCUT2D eigenvalue weighted by Gasteiger charge is 2.28. The third-order valence-electron chi connectivity index (χ3n) is 4.14. The van der Waals surface area contributed by atoms with Crippen LogP contribution in [0.2, 0.25) is 0 Å². The van der Waals surface area contributed by atoms with Crippen LogP contribution in [0.25, 0.3) is 10.2 Å². The van der Waals surface area contributed by atoms with E-state index in [1.807, 2.05) is 0 Å². The van der Waals surface area contributed by atoms with Crippen molar-refractivity contribution in [2.24, 2.45) is 13.0 Å². The molecule has 3 rings (SSSR count). The number of thiazole rings is 1. The Balaban J connectivity index is 2.01. The zero-order valence-electron chi connectivity index (χ0n) is 12.1. The van der Waals surface area contributed by atoms with Gasteiger partial charge in [-0.15, -0.1) is 0 Å². The molecule has 1 saturated heterocycles. The van der Waals surface area contributed by atoms with Crippen molar-refractivity contribution >= 4 is 31.6 Å². The van der Waals surface area contributed by atoms with Crippen LogP contribution in [0.4, 0.5) is 0 Å². The Kier molecular flexibility index (Phi) is 3.67. The lowest BCUT2D eigenvalue weighted by Crippen LogP contribution is -2.37. The van der Waals surface area contributed by atoms with Crippen LogP contribution in [-0.2, 0) is 17.1 Å². The van der Waals surface area contributed by atoms with Gasteiger partial charge in [0.05, 0.1) is 15.1 Å². The molecule has 114 valence electrons. The number of rotatable bonds is 2. The van der Waals surface area contributed by atoms with Gasteiger partial charge in [-0.25, -0.2) is 8.42 Å². The summed E-state index contributed by atoms with van der Waals surface area (Å²) in [5.41, 5.74) is 0.774. The minimum absolute atomic E-state index is 0.0775. The van der Waals surface area contributed by atoms with E-state index in [0.29, 0.717) is 23.7 Å². The van der Waals surface area contributed by atoms with Gasteiger partial charge in [0, 0.05) is 20.1 Å². The molecule has 0 bridgehead atoms. The summed E-state index contributed by atoms with van der Waals surface area (Å²) in [6.07, 6.45) is 1.81. The van der Waals surface area contributed by atoms with Gasteiger partial charge < -0.3 is 4.57 Å². The Bertz CT molecular complexity index is 828. The van der Waals surface area contributed by atoms with Gasteiger partial charge in [-0.1, -0.05) is 18.3 Å². The SMILES string of the molecule is CC1CCN(S(=O)(=O)c2ccc3c(c2)sc(=O)n3C)CC1. The van der Waals surface area contributed by atoms with Gasteiger partial charge in [0.15, 0.2) is 0 Å². The van der Waals surface area contributed by atoms with Crippen molar-refractivity contribution in [3.63, 3.8) is 0 Å². The summed E-state index contributed by atoms with van der Waals surface area (Å²) in [6, 6.07) is 4.93. The Labute approximate surface area is 127 Å². The van der Waals surface area contributed by atoms with Crippen molar-refractivity contribution in [1.29, 1.82) is 0 Å². The summed E-state index contributed by atoms with van der Waals surface area (Å²) in [7, 11) is -1.76. The number of hydrogen-bond acceptors (Lipinski definition) is 4. The number of benzene rings is 1. The van der Waals surface area contributed by atoms with Crippen LogP contribution in [0.5, 0.6) is 0 Å². The van der Waals surface area contributed by atoms with Crippen LogP contribution < -0.4 is 4.87 Å². The van der Waals surface area contributed by atoms with Crippen LogP contribution in [0.1, 0.15) is 19.8 Å². The molecule has 0 N–H and O–H groups in total. The highest BCUT2D eigenvalue weighted by molar-refractivity contribution is 7.89. The topological polar surface area (TPSA) is 59.4 Å². The molecule has 1 aromatic heterocycles. The average Bonchev–Trinajstić information content (AvgIpc) is 2.74. The Morgan fingerprint density at radius 3 is 2.57 bits per heavy atom. The molecule has 21 heavy (non-hydrogen) atoms. The summed E-state index contributed by atoms with van der Waals surface area (Å²) < 4.78 is 29.2. The zero-order chi connectivity index (χ0) is 15.2. The maximum Gasteiger partial charge on any atom is 0.307 e. The zero-order valence-corrected chi connectivity index (χ0v) is 13.7. The van der Waals surface area contributed by atoms with E-state index in [2.05, 4.69) is 6.92 Å². The molecular weight excluding hydrogens is 308 g/mol. The second-order valence-corrected chi connectivity index (χ2v) is 8.57. The highest BCUT2D eigenvalue weighted by Crippen LogP contribution is 2.26. The van der Waals surface area contributed by atoms with Gasteiger partial charge in [0.1, 0.15) is 0 Å². The molecule has 1 fully saturated rings. The second kappa shape index (κ2) is 5.23. The van der Waals surface area contributed by atoms with Crippen molar-refractivity contribution < 1.29 is 8.42 Å². The smallest absolute Gasteiger partial charge is 0.302 e. The summed E-state index contributed by atoms with van der Waals surface area (Å²) in [5.74, 6) is 0.582. The lowest BCUT2D eigenvalue weighted by Gasteiger charge is -2.29. The summed E-state index contributed by atoms with van der Waals surface area (Å²) in [4.78, 5) is 11.9. The van der Waals surface area contributed by atoms with E-state index < -0.39 is 10.0 Å². The maximum absolute atomic E-state index is 12.7. The highest BCUT2D eigenvalue weighted by atomic mass is 32.2. The third-order valence-corrected chi connectivity index (χ3v) is 7.03. The van der Waals surface area contributed by atoms with E-state index in [0.717, 1.165) is 29.7 Å². The number of fused-ring (bicyclic) bond motifs is 1. The van der Waals surface area contributed by atoms with E-state index in [1.165, 1.54) is 0 Å². The standard InChI is InChI=1S/C14H18N2O3S2/c1-10-5-7-16(8-6-10)21(18,19)11-3-4-12-13(9-11)20-14(17)15(12)2/h3-4,9-10H,5-8H2,1-2H3. The molecule has 5 nitrogen and oxygen atoms in total. The Hall–Kier alpha value is -1.18. The van der Waals surface area contributed by atoms with E-state index in [9.17, 15) is 13.2 Å². The van der Waals surface area contributed by atoms with Crippen molar-refractivity contribution in [2.45, 2.75) is 24.7 Å². The number of aromatic nitrogens is 1. The Morgan fingerprint density at radius 2 is 1.90 bits per heavy atom. The minimum atomic E-state index is -3.45. The minimum Gasteiger partial charge on any atom is -0.302 e. The molecule has 0 unspecified atom stereocenters. The van der Waals surface area contributed by atoms with Gasteiger partial charge in [0.2, 0.25) is 10.0 Å². The number of sulfonamides is 1. The number of nitrogens with zero attached hydrogens (tertiary/aromatic N) is 2. The first-order chi connectivity index (χ1) is 9.89. The van der Waals surface area contributed by atoms with Gasteiger partial charge >= 0.3 is 4.87 Å². The molecular formula is C14H18N2O3S2. The summed E-state index contributed by atoms with van der Waals surface area (Å²) in [5, 5.41) is 0.